The van der Waals surface area contributed by atoms with E-state index in [1.54, 1.807) is 0 Å². The third-order valence-electron chi connectivity index (χ3n) is 17.0. The van der Waals surface area contributed by atoms with Crippen molar-refractivity contribution in [2.45, 2.75) is 87.8 Å². The zero-order valence-electron chi connectivity index (χ0n) is 40.6. The van der Waals surface area contributed by atoms with Crippen LogP contribution >= 0.6 is 0 Å². The number of aromatic nitrogens is 1. The fourth-order valence-corrected chi connectivity index (χ4v) is 13.9. The Labute approximate surface area is 418 Å². The summed E-state index contributed by atoms with van der Waals surface area (Å²) in [6.07, 6.45) is 36.1. The number of para-hydroxylation sites is 3. The van der Waals surface area contributed by atoms with E-state index < -0.39 is 0 Å². The predicted molar refractivity (Wildman–Crippen MR) is 298 cm³/mol. The number of pyridine rings is 1. The number of fused-ring (bicyclic) bond motifs is 11. The highest BCUT2D eigenvalue weighted by molar-refractivity contribution is 7.01. The molecule has 344 valence electrons. The van der Waals surface area contributed by atoms with Gasteiger partial charge in [-0.3, -0.25) is 0 Å². The van der Waals surface area contributed by atoms with Crippen molar-refractivity contribution >= 4 is 92.2 Å². The van der Waals surface area contributed by atoms with Gasteiger partial charge in [-0.25, -0.2) is 4.98 Å². The van der Waals surface area contributed by atoms with Crippen LogP contribution in [0.2, 0.25) is 5.82 Å². The summed E-state index contributed by atoms with van der Waals surface area (Å²) in [4.78, 5) is 16.8. The third kappa shape index (κ3) is 6.06. The van der Waals surface area contributed by atoms with Crippen LogP contribution in [0.5, 0.6) is 5.75 Å². The molecule has 6 aromatic rings. The van der Waals surface area contributed by atoms with Crippen LogP contribution in [0.15, 0.2) is 194 Å². The Balaban J connectivity index is 1.02. The molecule has 4 aliphatic carbocycles. The second-order valence-electron chi connectivity index (χ2n) is 21.9. The Hall–Kier alpha value is -7.44. The van der Waals surface area contributed by atoms with Crippen LogP contribution in [0.1, 0.15) is 63.5 Å². The molecule has 1 aromatic heterocycles. The van der Waals surface area contributed by atoms with Crippen LogP contribution in [-0.4, -0.2) is 42.6 Å². The number of nitrogens with zero attached hydrogens (tertiary/aromatic N) is 5. The average molecular weight is 920 g/mol. The van der Waals surface area contributed by atoms with Crippen LogP contribution in [0.4, 0.5) is 51.4 Å². The molecule has 0 radical (unpaired) electrons. The summed E-state index contributed by atoms with van der Waals surface area (Å²) >= 11 is 0. The molecule has 6 heterocycles. The largest absolute Gasteiger partial charge is 0.487 e. The standard InChI is InChI=1S/C63H55B2N5O/c1-63(2,3)40-35-54-59-55(36-40)69(42-23-9-5-10-24-42)61-49(64(59)47-29-15-19-33-53(47)67(54)41-21-7-4-8-22-41)39-50-62(66-61)70(43-25-11-6-12-26-43)56-37-44(38-58-60(56)65(50)48-30-16-20-34-57(48)71-58)68-51-31-17-13-27-45(51)46-28-14-18-32-52(46)68/h4-11,13-23,27-39,42-43,45,48,51,57H,12,24-26H2,1-3H3. The summed E-state index contributed by atoms with van der Waals surface area (Å²) in [7, 11) is 0. The van der Waals surface area contributed by atoms with Crippen molar-refractivity contribution in [3.63, 3.8) is 0 Å². The van der Waals surface area contributed by atoms with E-state index in [1.807, 2.05) is 0 Å². The van der Waals surface area contributed by atoms with Crippen molar-refractivity contribution in [2.75, 3.05) is 19.6 Å². The van der Waals surface area contributed by atoms with Crippen LogP contribution in [0.25, 0.3) is 0 Å². The van der Waals surface area contributed by atoms with Crippen molar-refractivity contribution in [3.05, 3.63) is 205 Å². The number of hydrogen-bond donors (Lipinski definition) is 0. The molecule has 5 aliphatic heterocycles. The quantitative estimate of drug-likeness (QED) is 0.129. The predicted octanol–water partition coefficient (Wildman–Crippen LogP) is 11.2. The molecule has 6 nitrogen and oxygen atoms in total. The van der Waals surface area contributed by atoms with Crippen molar-refractivity contribution < 1.29 is 4.74 Å². The Bertz CT molecular complexity index is 3450. The van der Waals surface area contributed by atoms with E-state index in [-0.39, 0.29) is 54.8 Å². The lowest BCUT2D eigenvalue weighted by atomic mass is 9.28. The lowest BCUT2D eigenvalue weighted by molar-refractivity contribution is 0.247. The third-order valence-corrected chi connectivity index (χ3v) is 17.0. The molecule has 15 rings (SSSR count). The Morgan fingerprint density at radius 1 is 0.577 bits per heavy atom. The van der Waals surface area contributed by atoms with Gasteiger partial charge in [0.15, 0.2) is 0 Å². The van der Waals surface area contributed by atoms with Gasteiger partial charge in [0.2, 0.25) is 6.71 Å². The first-order chi connectivity index (χ1) is 34.9. The van der Waals surface area contributed by atoms with E-state index in [4.69, 9.17) is 9.72 Å². The van der Waals surface area contributed by atoms with Crippen LogP contribution < -0.4 is 51.7 Å². The molecule has 0 spiro atoms. The first kappa shape index (κ1) is 41.4. The summed E-state index contributed by atoms with van der Waals surface area (Å²) in [6, 6.07) is 42.2. The maximum atomic E-state index is 7.33. The van der Waals surface area contributed by atoms with Crippen LogP contribution in [0, 0.1) is 0 Å². The lowest BCUT2D eigenvalue weighted by Crippen LogP contribution is -2.66. The number of benzene rings is 5. The number of ether oxygens (including phenoxy) is 1. The van der Waals surface area contributed by atoms with E-state index in [1.165, 1.54) is 78.3 Å². The second-order valence-corrected chi connectivity index (χ2v) is 21.9. The molecule has 5 aromatic carbocycles. The molecule has 0 amide bonds. The number of allylic oxidation sites excluding steroid dienone is 7. The van der Waals surface area contributed by atoms with E-state index in [0.717, 1.165) is 43.1 Å². The fourth-order valence-electron chi connectivity index (χ4n) is 13.9. The summed E-state index contributed by atoms with van der Waals surface area (Å²) in [5, 5.41) is 0. The number of rotatable bonds is 4. The molecule has 0 N–H and O–H groups in total. The number of hydrogen-bond acceptors (Lipinski definition) is 6. The highest BCUT2D eigenvalue weighted by Gasteiger charge is 2.52. The lowest BCUT2D eigenvalue weighted by Gasteiger charge is -2.49. The van der Waals surface area contributed by atoms with Crippen molar-refractivity contribution in [1.82, 2.24) is 4.98 Å². The second kappa shape index (κ2) is 15.5. The minimum atomic E-state index is -0.113. The molecule has 0 fully saturated rings. The van der Waals surface area contributed by atoms with Gasteiger partial charge in [0, 0.05) is 63.7 Å². The van der Waals surface area contributed by atoms with Crippen molar-refractivity contribution in [2.24, 2.45) is 0 Å². The van der Waals surface area contributed by atoms with Gasteiger partial charge in [-0.1, -0.05) is 160 Å². The van der Waals surface area contributed by atoms with Gasteiger partial charge in [0.05, 0.1) is 12.1 Å². The minimum absolute atomic E-state index is 0.0306. The number of anilines is 9. The minimum Gasteiger partial charge on any atom is -0.487 e. The Morgan fingerprint density at radius 3 is 2.18 bits per heavy atom. The van der Waals surface area contributed by atoms with E-state index in [2.05, 4.69) is 235 Å². The fraction of sp³-hybridized carbons (Fsp3) is 0.222. The van der Waals surface area contributed by atoms with Crippen LogP contribution in [-0.2, 0) is 5.41 Å². The molecule has 9 aliphatic rings. The highest BCUT2D eigenvalue weighted by Crippen LogP contribution is 2.52. The highest BCUT2D eigenvalue weighted by atomic mass is 16.5. The topological polar surface area (TPSA) is 35.1 Å². The summed E-state index contributed by atoms with van der Waals surface area (Å²) in [5.74, 6) is 3.54. The molecule has 0 bridgehead atoms. The molecule has 0 saturated carbocycles. The maximum absolute atomic E-state index is 7.33. The molecule has 8 heteroatoms. The molecule has 6 unspecified atom stereocenters. The van der Waals surface area contributed by atoms with Gasteiger partial charge in [-0.2, -0.15) is 0 Å². The Morgan fingerprint density at radius 2 is 1.34 bits per heavy atom. The molecular formula is C63H55B2N5O. The van der Waals surface area contributed by atoms with E-state index >= 15 is 0 Å². The monoisotopic (exact) mass is 919 g/mol. The first-order valence-corrected chi connectivity index (χ1v) is 26.1. The summed E-state index contributed by atoms with van der Waals surface area (Å²) < 4.78 is 7.33. The zero-order valence-corrected chi connectivity index (χ0v) is 40.6. The van der Waals surface area contributed by atoms with E-state index in [9.17, 15) is 0 Å². The van der Waals surface area contributed by atoms with Gasteiger partial charge in [0.1, 0.15) is 23.5 Å². The normalized spacial score (nSPS) is 24.2. The van der Waals surface area contributed by atoms with Gasteiger partial charge in [-0.15, -0.1) is 0 Å². The molecular weight excluding hydrogens is 864 g/mol. The average Bonchev–Trinajstić information content (AvgIpc) is 3.75. The Kier molecular flexibility index (Phi) is 9.04. The van der Waals surface area contributed by atoms with E-state index in [0.29, 0.717) is 0 Å². The van der Waals surface area contributed by atoms with Crippen molar-refractivity contribution in [1.29, 1.82) is 0 Å². The maximum Gasteiger partial charge on any atom is 0.254 e. The van der Waals surface area contributed by atoms with Crippen molar-refractivity contribution in [3.8, 4) is 5.75 Å². The molecule has 6 atom stereocenters. The van der Waals surface area contributed by atoms with Gasteiger partial charge < -0.3 is 24.3 Å². The molecule has 71 heavy (non-hydrogen) atoms. The van der Waals surface area contributed by atoms with Gasteiger partial charge in [-0.05, 0) is 118 Å². The SMILES string of the molecule is CC(C)(C)c1cc2c3c(c1)N(C1C=CC=CC1)c1nc4c(cc1B3c1ccccc1N2c1ccccc1)B1c2c(cc(N3c5ccccc5C5C=CC=CC53)cc2N4C2CC=CCC2)OC2C=CC=CC12. The van der Waals surface area contributed by atoms with Gasteiger partial charge in [0.25, 0.3) is 6.71 Å². The smallest absolute Gasteiger partial charge is 0.254 e. The molecule has 0 saturated heterocycles. The summed E-state index contributed by atoms with van der Waals surface area (Å²) in [5.41, 5.74) is 17.7. The van der Waals surface area contributed by atoms with Gasteiger partial charge >= 0.3 is 0 Å². The first-order valence-electron chi connectivity index (χ1n) is 26.1. The van der Waals surface area contributed by atoms with Crippen LogP contribution in [0.3, 0.4) is 0 Å². The summed E-state index contributed by atoms with van der Waals surface area (Å²) in [6.45, 7) is 7.07. The zero-order chi connectivity index (χ0) is 47.1.